The van der Waals surface area contributed by atoms with Crippen molar-refractivity contribution in [3.8, 4) is 0 Å². The number of ether oxygens (including phenoxy) is 1. The zero-order chi connectivity index (χ0) is 17.7. The van der Waals surface area contributed by atoms with Gasteiger partial charge in [-0.05, 0) is 32.9 Å². The summed E-state index contributed by atoms with van der Waals surface area (Å²) >= 11 is 0. The summed E-state index contributed by atoms with van der Waals surface area (Å²) in [6.45, 7) is 5.81. The molecule has 1 aromatic carbocycles. The monoisotopic (exact) mass is 332 g/mol. The van der Waals surface area contributed by atoms with Crippen LogP contribution in [-0.4, -0.2) is 23.1 Å². The van der Waals surface area contributed by atoms with Gasteiger partial charge in [-0.25, -0.2) is 9.18 Å². The van der Waals surface area contributed by atoms with Gasteiger partial charge in [0.15, 0.2) is 0 Å². The number of carbonyl (C=O) groups is 2. The number of benzene rings is 1. The maximum atomic E-state index is 13.6. The molecule has 1 N–H and O–H groups in total. The van der Waals surface area contributed by atoms with E-state index in [2.05, 4.69) is 5.32 Å². The van der Waals surface area contributed by atoms with Crippen LogP contribution in [0.3, 0.4) is 0 Å². The molecule has 1 amide bonds. The summed E-state index contributed by atoms with van der Waals surface area (Å²) in [5.41, 5.74) is 2.35. The second-order valence-electron chi connectivity index (χ2n) is 5.46. The van der Waals surface area contributed by atoms with Crippen LogP contribution in [0.15, 0.2) is 30.3 Å². The summed E-state index contributed by atoms with van der Waals surface area (Å²) in [6.07, 6.45) is 0. The number of nitrogens with zero attached hydrogens (tertiary/aromatic N) is 1. The average molecular weight is 332 g/mol. The maximum absolute atomic E-state index is 13.6. The Morgan fingerprint density at radius 2 is 1.96 bits per heavy atom. The van der Waals surface area contributed by atoms with Gasteiger partial charge < -0.3 is 14.6 Å². The highest BCUT2D eigenvalue weighted by molar-refractivity contribution is 5.91. The van der Waals surface area contributed by atoms with Crippen molar-refractivity contribution in [3.63, 3.8) is 0 Å². The summed E-state index contributed by atoms with van der Waals surface area (Å²) in [6, 6.07) is 8.01. The van der Waals surface area contributed by atoms with Crippen LogP contribution in [0.5, 0.6) is 0 Å². The molecule has 2 rings (SSSR count). The van der Waals surface area contributed by atoms with Crippen LogP contribution >= 0.6 is 0 Å². The highest BCUT2D eigenvalue weighted by Crippen LogP contribution is 2.16. The Kier molecular flexibility index (Phi) is 5.73. The number of hydrogen-bond donors (Lipinski definition) is 1. The van der Waals surface area contributed by atoms with E-state index in [1.165, 1.54) is 6.07 Å². The lowest BCUT2D eigenvalue weighted by Gasteiger charge is -2.11. The van der Waals surface area contributed by atoms with E-state index in [1.807, 2.05) is 6.92 Å². The number of carbonyl (C=O) groups excluding carboxylic acids is 2. The summed E-state index contributed by atoms with van der Waals surface area (Å²) in [4.78, 5) is 24.0. The fourth-order valence-electron chi connectivity index (χ4n) is 2.50. The van der Waals surface area contributed by atoms with Gasteiger partial charge in [-0.3, -0.25) is 4.79 Å². The quantitative estimate of drug-likeness (QED) is 0.828. The zero-order valence-electron chi connectivity index (χ0n) is 14.1. The number of nitrogens with one attached hydrogen (secondary N) is 1. The highest BCUT2D eigenvalue weighted by atomic mass is 19.1. The Balaban J connectivity index is 2.04. The van der Waals surface area contributed by atoms with Crippen LogP contribution < -0.4 is 5.32 Å². The molecule has 0 fully saturated rings. The maximum Gasteiger partial charge on any atom is 0.339 e. The SMILES string of the molecule is CCOC(=O)c1cc(C)n(CC(=O)NCc2ccccc2F)c1C. The van der Waals surface area contributed by atoms with Gasteiger partial charge >= 0.3 is 5.97 Å². The molecule has 0 unspecified atom stereocenters. The van der Waals surface area contributed by atoms with Crippen molar-refractivity contribution in [1.82, 2.24) is 9.88 Å². The van der Waals surface area contributed by atoms with Gasteiger partial charge in [-0.1, -0.05) is 18.2 Å². The molecule has 1 aromatic heterocycles. The Bertz CT molecular complexity index is 753. The standard InChI is InChI=1S/C18H21FN2O3/c1-4-24-18(23)15-9-12(2)21(13(15)3)11-17(22)20-10-14-7-5-6-8-16(14)19/h5-9H,4,10-11H2,1-3H3,(H,20,22). The summed E-state index contributed by atoms with van der Waals surface area (Å²) in [5, 5.41) is 2.69. The normalized spacial score (nSPS) is 10.5. The average Bonchev–Trinajstić information content (AvgIpc) is 2.82. The lowest BCUT2D eigenvalue weighted by molar-refractivity contribution is -0.121. The first-order valence-corrected chi connectivity index (χ1v) is 7.78. The van der Waals surface area contributed by atoms with Gasteiger partial charge in [0, 0.05) is 23.5 Å². The van der Waals surface area contributed by atoms with Crippen LogP contribution in [0.1, 0.15) is 34.2 Å². The predicted molar refractivity (Wildman–Crippen MR) is 88.1 cm³/mol. The minimum absolute atomic E-state index is 0.0610. The molecule has 0 aliphatic rings. The first kappa shape index (κ1) is 17.7. The number of aryl methyl sites for hydroxylation is 1. The lowest BCUT2D eigenvalue weighted by Crippen LogP contribution is -2.28. The van der Waals surface area contributed by atoms with Crippen molar-refractivity contribution in [2.75, 3.05) is 6.61 Å². The Morgan fingerprint density at radius 3 is 2.62 bits per heavy atom. The molecule has 0 aliphatic carbocycles. The molecule has 2 aromatic rings. The Hall–Kier alpha value is -2.63. The van der Waals surface area contributed by atoms with E-state index in [0.717, 1.165) is 5.69 Å². The molecule has 0 aliphatic heterocycles. The lowest BCUT2D eigenvalue weighted by atomic mass is 10.2. The molecule has 24 heavy (non-hydrogen) atoms. The third kappa shape index (κ3) is 4.01. The van der Waals surface area contributed by atoms with E-state index in [0.29, 0.717) is 23.4 Å². The first-order chi connectivity index (χ1) is 11.4. The molecule has 0 spiro atoms. The highest BCUT2D eigenvalue weighted by Gasteiger charge is 2.18. The molecule has 128 valence electrons. The summed E-state index contributed by atoms with van der Waals surface area (Å²) in [5.74, 6) is -1.00. The molecule has 0 saturated carbocycles. The zero-order valence-corrected chi connectivity index (χ0v) is 14.1. The number of aromatic nitrogens is 1. The van der Waals surface area contributed by atoms with Crippen molar-refractivity contribution in [3.05, 3.63) is 58.7 Å². The van der Waals surface area contributed by atoms with E-state index >= 15 is 0 Å². The number of amides is 1. The van der Waals surface area contributed by atoms with Gasteiger partial charge in [-0.15, -0.1) is 0 Å². The third-order valence-electron chi connectivity index (χ3n) is 3.80. The van der Waals surface area contributed by atoms with Crippen molar-refractivity contribution in [2.24, 2.45) is 0 Å². The van der Waals surface area contributed by atoms with Gasteiger partial charge in [-0.2, -0.15) is 0 Å². The number of halogens is 1. The summed E-state index contributed by atoms with van der Waals surface area (Å²) in [7, 11) is 0. The van der Waals surface area contributed by atoms with Gasteiger partial charge in [0.2, 0.25) is 5.91 Å². The number of esters is 1. The van der Waals surface area contributed by atoms with E-state index in [-0.39, 0.29) is 24.8 Å². The fourth-order valence-corrected chi connectivity index (χ4v) is 2.50. The summed E-state index contributed by atoms with van der Waals surface area (Å²) < 4.78 is 20.3. The van der Waals surface area contributed by atoms with Crippen molar-refractivity contribution >= 4 is 11.9 Å². The Labute approximate surface area is 140 Å². The minimum atomic E-state index is -0.399. The topological polar surface area (TPSA) is 60.3 Å². The molecular weight excluding hydrogens is 311 g/mol. The van der Waals surface area contributed by atoms with Crippen LogP contribution in [0.25, 0.3) is 0 Å². The van der Waals surface area contributed by atoms with E-state index < -0.39 is 5.97 Å². The van der Waals surface area contributed by atoms with Crippen LogP contribution in [0.2, 0.25) is 0 Å². The molecule has 1 heterocycles. The molecule has 0 saturated heterocycles. The molecule has 0 bridgehead atoms. The van der Waals surface area contributed by atoms with E-state index in [1.54, 1.807) is 42.7 Å². The van der Waals surface area contributed by atoms with Crippen LogP contribution in [0, 0.1) is 19.7 Å². The van der Waals surface area contributed by atoms with Crippen LogP contribution in [0.4, 0.5) is 4.39 Å². The number of rotatable bonds is 6. The molecular formula is C18H21FN2O3. The van der Waals surface area contributed by atoms with Gasteiger partial charge in [0.25, 0.3) is 0 Å². The number of hydrogen-bond acceptors (Lipinski definition) is 3. The Morgan fingerprint density at radius 1 is 1.25 bits per heavy atom. The van der Waals surface area contributed by atoms with Crippen LogP contribution in [-0.2, 0) is 22.6 Å². The predicted octanol–water partition coefficient (Wildman–Crippen LogP) is 2.74. The third-order valence-corrected chi connectivity index (χ3v) is 3.80. The van der Waals surface area contributed by atoms with Crippen molar-refractivity contribution in [2.45, 2.75) is 33.9 Å². The van der Waals surface area contributed by atoms with Gasteiger partial charge in [0.05, 0.1) is 12.2 Å². The van der Waals surface area contributed by atoms with Gasteiger partial charge in [0.1, 0.15) is 12.4 Å². The smallest absolute Gasteiger partial charge is 0.339 e. The fraction of sp³-hybridized carbons (Fsp3) is 0.333. The molecule has 0 radical (unpaired) electrons. The van der Waals surface area contributed by atoms with Crippen molar-refractivity contribution < 1.29 is 18.7 Å². The molecule has 5 nitrogen and oxygen atoms in total. The first-order valence-electron chi connectivity index (χ1n) is 7.78. The molecule has 6 heteroatoms. The molecule has 0 atom stereocenters. The second-order valence-corrected chi connectivity index (χ2v) is 5.46. The van der Waals surface area contributed by atoms with E-state index in [4.69, 9.17) is 4.74 Å². The minimum Gasteiger partial charge on any atom is -0.462 e. The van der Waals surface area contributed by atoms with E-state index in [9.17, 15) is 14.0 Å². The second kappa shape index (κ2) is 7.77. The van der Waals surface area contributed by atoms with Crippen molar-refractivity contribution in [1.29, 1.82) is 0 Å². The largest absolute Gasteiger partial charge is 0.462 e.